The van der Waals surface area contributed by atoms with Gasteiger partial charge >= 0.3 is 19.5 Å². The number of rotatable bonds is 0. The molecule has 0 atom stereocenters. The van der Waals surface area contributed by atoms with Crippen LogP contribution in [0.2, 0.25) is 0 Å². The SMILES string of the molecule is O.O.O.O.O.O.O=S(=O)([O-])O.O=[N+]([O-])[O-].[Zn+2]. The molecule has 0 aromatic carbocycles. The number of hydrogen-bond donors (Lipinski definition) is 1. The molecule has 0 spiro atoms. The molecule has 0 amide bonds. The predicted molar refractivity (Wildman–Crippen MR) is 44.4 cm³/mol. The van der Waals surface area contributed by atoms with E-state index in [4.69, 9.17) is 32.8 Å². The summed E-state index contributed by atoms with van der Waals surface area (Å²) in [5.41, 5.74) is 0. The summed E-state index contributed by atoms with van der Waals surface area (Å²) in [7, 11) is -4.92. The van der Waals surface area contributed by atoms with Crippen molar-refractivity contribution in [3.05, 3.63) is 15.3 Å². The van der Waals surface area contributed by atoms with Crippen LogP contribution in [0.25, 0.3) is 0 Å². The van der Waals surface area contributed by atoms with Crippen molar-refractivity contribution in [1.29, 1.82) is 0 Å². The van der Waals surface area contributed by atoms with Crippen molar-refractivity contribution in [3.8, 4) is 0 Å². The quantitative estimate of drug-likeness (QED) is 0.146. The Hall–Kier alpha value is -0.547. The van der Waals surface area contributed by atoms with Gasteiger partial charge in [0.15, 0.2) is 0 Å². The average molecular weight is 333 g/mol. The van der Waals surface area contributed by atoms with Crippen molar-refractivity contribution in [3.63, 3.8) is 0 Å². The Morgan fingerprint density at radius 2 is 0.875 bits per heavy atom. The van der Waals surface area contributed by atoms with Crippen LogP contribution in [0.1, 0.15) is 0 Å². The topological polar surface area (TPSA) is 333 Å². The van der Waals surface area contributed by atoms with Crippen LogP contribution < -0.4 is 0 Å². The fourth-order valence-corrected chi connectivity index (χ4v) is 0. The second-order valence-corrected chi connectivity index (χ2v) is 1.51. The zero-order valence-electron chi connectivity index (χ0n) is 7.46. The Kier molecular flexibility index (Phi) is 177. The van der Waals surface area contributed by atoms with E-state index in [1.165, 1.54) is 0 Å². The molecule has 0 heterocycles. The molecule has 16 heteroatoms. The van der Waals surface area contributed by atoms with Crippen LogP contribution in [-0.2, 0) is 29.9 Å². The average Bonchev–Trinajstić information content (AvgIpc) is 1.19. The first-order chi connectivity index (χ1) is 3.73. The molecule has 0 aliphatic rings. The van der Waals surface area contributed by atoms with E-state index < -0.39 is 15.5 Å². The zero-order valence-corrected chi connectivity index (χ0v) is 11.2. The van der Waals surface area contributed by atoms with Crippen LogP contribution in [0.4, 0.5) is 0 Å². The molecular formula is H13NO13SZn. The molecule has 0 rings (SSSR count). The molecule has 0 bridgehead atoms. The molecule has 14 nitrogen and oxygen atoms in total. The first-order valence-corrected chi connectivity index (χ1v) is 2.60. The maximum Gasteiger partial charge on any atom is 2.00 e. The third-order valence-corrected chi connectivity index (χ3v) is 0. The van der Waals surface area contributed by atoms with E-state index in [1.54, 1.807) is 0 Å². The summed E-state index contributed by atoms with van der Waals surface area (Å²) < 4.78 is 32.8. The van der Waals surface area contributed by atoms with E-state index in [0.717, 1.165) is 0 Å². The summed E-state index contributed by atoms with van der Waals surface area (Å²) in [6, 6.07) is 0. The van der Waals surface area contributed by atoms with Gasteiger partial charge in [-0.1, -0.05) is 0 Å². The minimum Gasteiger partial charge on any atom is -0.726 e. The third kappa shape index (κ3) is 6980. The van der Waals surface area contributed by atoms with Crippen molar-refractivity contribution in [2.75, 3.05) is 0 Å². The summed E-state index contributed by atoms with van der Waals surface area (Å²) in [6.07, 6.45) is 0. The van der Waals surface area contributed by atoms with Crippen LogP contribution in [0.5, 0.6) is 0 Å². The summed E-state index contributed by atoms with van der Waals surface area (Å²) >= 11 is 0. The van der Waals surface area contributed by atoms with Gasteiger partial charge in [-0.25, -0.2) is 8.42 Å². The molecule has 0 radical (unpaired) electrons. The minimum absolute atomic E-state index is 0. The smallest absolute Gasteiger partial charge is 0.726 e. The van der Waals surface area contributed by atoms with Gasteiger partial charge in [0.2, 0.25) is 10.4 Å². The molecule has 104 valence electrons. The van der Waals surface area contributed by atoms with Crippen molar-refractivity contribution < 1.29 is 74.9 Å². The van der Waals surface area contributed by atoms with Crippen molar-refractivity contribution in [1.82, 2.24) is 0 Å². The molecule has 13 N–H and O–H groups in total. The normalized spacial score (nSPS) is 5.12. The van der Waals surface area contributed by atoms with Crippen molar-refractivity contribution in [2.24, 2.45) is 0 Å². The second-order valence-electron chi connectivity index (χ2n) is 0.651. The molecule has 16 heavy (non-hydrogen) atoms. The standard InChI is InChI=1S/NO3.H2O4S.6H2O.Zn/c2-1(3)4;1-5(2,3)4;;;;;;;/h;(H2,1,2,3,4);6*1H2;/q-1;;;;;;;;+2/p-1. The van der Waals surface area contributed by atoms with Gasteiger partial charge < -0.3 is 52.7 Å². The maximum absolute atomic E-state index is 8.63. The Bertz CT molecular complexity index is 158. The van der Waals surface area contributed by atoms with Crippen LogP contribution in [0.3, 0.4) is 0 Å². The monoisotopic (exact) mass is 331 g/mol. The Morgan fingerprint density at radius 1 is 0.875 bits per heavy atom. The molecule has 0 fully saturated rings. The van der Waals surface area contributed by atoms with Gasteiger partial charge in [-0.2, -0.15) is 0 Å². The van der Waals surface area contributed by atoms with Gasteiger partial charge in [0.1, 0.15) is 0 Å². The Labute approximate surface area is 101 Å². The molecule has 0 aliphatic carbocycles. The number of hydrogen-bond acceptors (Lipinski definition) is 6. The Balaban J connectivity index is -0.00000000614. The molecule has 0 saturated carbocycles. The van der Waals surface area contributed by atoms with Gasteiger partial charge in [0.05, 0.1) is 5.09 Å². The number of nitrogens with zero attached hydrogens (tertiary/aromatic N) is 1. The summed E-state index contributed by atoms with van der Waals surface area (Å²) in [5, 5.41) is 14.8. The largest absolute Gasteiger partial charge is 2.00 e. The van der Waals surface area contributed by atoms with Gasteiger partial charge in [-0.15, -0.1) is 0 Å². The minimum atomic E-state index is -4.92. The predicted octanol–water partition coefficient (Wildman–Crippen LogP) is -6.19. The van der Waals surface area contributed by atoms with Crippen molar-refractivity contribution >= 4 is 10.4 Å². The molecule has 0 aromatic heterocycles. The fraction of sp³-hybridized carbons (Fsp3) is 0. The second kappa shape index (κ2) is 36.6. The fourth-order valence-electron chi connectivity index (χ4n) is 0. The molecule has 0 aliphatic heterocycles. The van der Waals surface area contributed by atoms with Crippen LogP contribution in [0, 0.1) is 15.3 Å². The van der Waals surface area contributed by atoms with Gasteiger partial charge in [0.25, 0.3) is 0 Å². The Morgan fingerprint density at radius 3 is 0.875 bits per heavy atom. The molecule has 0 unspecified atom stereocenters. The third-order valence-electron chi connectivity index (χ3n) is 0. The molecular weight excluding hydrogens is 319 g/mol. The van der Waals surface area contributed by atoms with Crippen LogP contribution >= 0.6 is 0 Å². The van der Waals surface area contributed by atoms with Crippen LogP contribution in [-0.4, -0.2) is 55.5 Å². The van der Waals surface area contributed by atoms with E-state index in [2.05, 4.69) is 0 Å². The molecule has 0 saturated heterocycles. The van der Waals surface area contributed by atoms with Crippen LogP contribution in [0.15, 0.2) is 0 Å². The first kappa shape index (κ1) is 77.5. The van der Waals surface area contributed by atoms with Gasteiger partial charge in [-0.05, 0) is 0 Å². The summed E-state index contributed by atoms with van der Waals surface area (Å²) in [4.78, 5) is 8.25. The first-order valence-electron chi connectivity index (χ1n) is 1.23. The van der Waals surface area contributed by atoms with Gasteiger partial charge in [0, 0.05) is 0 Å². The van der Waals surface area contributed by atoms with E-state index in [-0.39, 0.29) is 52.3 Å². The molecule has 0 aromatic rings. The van der Waals surface area contributed by atoms with E-state index in [1.807, 2.05) is 0 Å². The van der Waals surface area contributed by atoms with E-state index in [0.29, 0.717) is 0 Å². The van der Waals surface area contributed by atoms with E-state index in [9.17, 15) is 0 Å². The van der Waals surface area contributed by atoms with E-state index >= 15 is 0 Å². The summed E-state index contributed by atoms with van der Waals surface area (Å²) in [5.74, 6) is 0. The zero-order chi connectivity index (χ0) is 8.08. The van der Waals surface area contributed by atoms with Crippen molar-refractivity contribution in [2.45, 2.75) is 0 Å². The van der Waals surface area contributed by atoms with Gasteiger partial charge in [-0.3, -0.25) is 4.55 Å². The maximum atomic E-state index is 8.63. The summed E-state index contributed by atoms with van der Waals surface area (Å²) in [6.45, 7) is 0.